The van der Waals surface area contributed by atoms with Crippen molar-refractivity contribution in [3.05, 3.63) is 53.0 Å². The number of hydrogen-bond acceptors (Lipinski definition) is 2. The van der Waals surface area contributed by atoms with Crippen molar-refractivity contribution in [1.29, 1.82) is 0 Å². The SMILES string of the molecule is COCCCCCOc1ccc(-c2ccc(Br)cc2)cc1. The molecule has 0 spiro atoms. The van der Waals surface area contributed by atoms with Crippen LogP contribution in [-0.2, 0) is 4.74 Å². The van der Waals surface area contributed by atoms with E-state index >= 15 is 0 Å². The smallest absolute Gasteiger partial charge is 0.119 e. The van der Waals surface area contributed by atoms with Crippen LogP contribution in [0.5, 0.6) is 5.75 Å². The quantitative estimate of drug-likeness (QED) is 0.601. The van der Waals surface area contributed by atoms with Gasteiger partial charge in [0, 0.05) is 18.2 Å². The first kappa shape index (κ1) is 16.1. The third kappa shape index (κ3) is 5.52. The zero-order chi connectivity index (χ0) is 14.9. The summed E-state index contributed by atoms with van der Waals surface area (Å²) in [6, 6.07) is 16.6. The van der Waals surface area contributed by atoms with Gasteiger partial charge in [0.15, 0.2) is 0 Å². The van der Waals surface area contributed by atoms with Crippen LogP contribution in [-0.4, -0.2) is 20.3 Å². The first-order valence-corrected chi connectivity index (χ1v) is 8.06. The van der Waals surface area contributed by atoms with Crippen LogP contribution < -0.4 is 4.74 Å². The lowest BCUT2D eigenvalue weighted by Gasteiger charge is -2.07. The fourth-order valence-electron chi connectivity index (χ4n) is 2.10. The maximum atomic E-state index is 5.75. The molecular formula is C18H21BrO2. The maximum Gasteiger partial charge on any atom is 0.119 e. The van der Waals surface area contributed by atoms with Crippen molar-refractivity contribution in [2.45, 2.75) is 19.3 Å². The molecule has 0 fully saturated rings. The van der Waals surface area contributed by atoms with Gasteiger partial charge in [-0.25, -0.2) is 0 Å². The zero-order valence-corrected chi connectivity index (χ0v) is 13.9. The molecule has 0 aliphatic rings. The number of rotatable bonds is 8. The molecule has 0 aliphatic carbocycles. The summed E-state index contributed by atoms with van der Waals surface area (Å²) in [6.45, 7) is 1.60. The first-order valence-electron chi connectivity index (χ1n) is 7.27. The molecule has 0 N–H and O–H groups in total. The van der Waals surface area contributed by atoms with Crippen LogP contribution in [0.1, 0.15) is 19.3 Å². The molecule has 112 valence electrons. The highest BCUT2D eigenvalue weighted by atomic mass is 79.9. The monoisotopic (exact) mass is 348 g/mol. The average Bonchev–Trinajstić information content (AvgIpc) is 2.52. The van der Waals surface area contributed by atoms with Crippen molar-refractivity contribution in [1.82, 2.24) is 0 Å². The highest BCUT2D eigenvalue weighted by Gasteiger charge is 1.99. The van der Waals surface area contributed by atoms with Gasteiger partial charge in [-0.15, -0.1) is 0 Å². The summed E-state index contributed by atoms with van der Waals surface area (Å²) in [5.74, 6) is 0.933. The third-order valence-corrected chi connectivity index (χ3v) is 3.82. The van der Waals surface area contributed by atoms with E-state index in [9.17, 15) is 0 Å². The molecule has 2 rings (SSSR count). The van der Waals surface area contributed by atoms with Crippen LogP contribution >= 0.6 is 15.9 Å². The molecule has 0 atom stereocenters. The Labute approximate surface area is 135 Å². The number of methoxy groups -OCH3 is 1. The van der Waals surface area contributed by atoms with E-state index in [0.717, 1.165) is 42.7 Å². The van der Waals surface area contributed by atoms with Gasteiger partial charge in [-0.05, 0) is 54.7 Å². The van der Waals surface area contributed by atoms with E-state index in [4.69, 9.17) is 9.47 Å². The molecule has 0 bridgehead atoms. The van der Waals surface area contributed by atoms with E-state index in [1.165, 1.54) is 11.1 Å². The fourth-order valence-corrected chi connectivity index (χ4v) is 2.37. The average molecular weight is 349 g/mol. The summed E-state index contributed by atoms with van der Waals surface area (Å²) in [7, 11) is 1.74. The Morgan fingerprint density at radius 1 is 0.762 bits per heavy atom. The van der Waals surface area contributed by atoms with Gasteiger partial charge in [0.25, 0.3) is 0 Å². The molecule has 0 saturated heterocycles. The van der Waals surface area contributed by atoms with Gasteiger partial charge in [0.1, 0.15) is 5.75 Å². The molecule has 0 saturated carbocycles. The Kier molecular flexibility index (Phi) is 6.77. The van der Waals surface area contributed by atoms with Crippen LogP contribution in [0, 0.1) is 0 Å². The van der Waals surface area contributed by atoms with Crippen molar-refractivity contribution >= 4 is 15.9 Å². The van der Waals surface area contributed by atoms with Crippen LogP contribution in [0.3, 0.4) is 0 Å². The van der Waals surface area contributed by atoms with E-state index < -0.39 is 0 Å². The summed E-state index contributed by atoms with van der Waals surface area (Å²) >= 11 is 3.45. The highest BCUT2D eigenvalue weighted by molar-refractivity contribution is 9.10. The predicted molar refractivity (Wildman–Crippen MR) is 90.8 cm³/mol. The summed E-state index contributed by atoms with van der Waals surface area (Å²) in [6.07, 6.45) is 3.31. The number of unbranched alkanes of at least 4 members (excludes halogenated alkanes) is 2. The van der Waals surface area contributed by atoms with Crippen molar-refractivity contribution < 1.29 is 9.47 Å². The molecule has 0 aromatic heterocycles. The molecule has 0 amide bonds. The van der Waals surface area contributed by atoms with Gasteiger partial charge in [-0.3, -0.25) is 0 Å². The second-order valence-corrected chi connectivity index (χ2v) is 5.85. The molecular weight excluding hydrogens is 328 g/mol. The predicted octanol–water partition coefficient (Wildman–Crippen LogP) is 5.31. The molecule has 2 nitrogen and oxygen atoms in total. The Hall–Kier alpha value is -1.32. The summed E-state index contributed by atoms with van der Waals surface area (Å²) in [4.78, 5) is 0. The molecule has 3 heteroatoms. The second-order valence-electron chi connectivity index (χ2n) is 4.93. The lowest BCUT2D eigenvalue weighted by molar-refractivity contribution is 0.189. The van der Waals surface area contributed by atoms with E-state index in [0.29, 0.717) is 0 Å². The molecule has 2 aromatic rings. The topological polar surface area (TPSA) is 18.5 Å². The lowest BCUT2D eigenvalue weighted by Crippen LogP contribution is -1.98. The van der Waals surface area contributed by atoms with Crippen molar-refractivity contribution in [3.8, 4) is 16.9 Å². The first-order chi connectivity index (χ1) is 10.3. The van der Waals surface area contributed by atoms with E-state index in [-0.39, 0.29) is 0 Å². The maximum absolute atomic E-state index is 5.75. The second kappa shape index (κ2) is 8.85. The third-order valence-electron chi connectivity index (χ3n) is 3.29. The van der Waals surface area contributed by atoms with Gasteiger partial charge in [-0.2, -0.15) is 0 Å². The van der Waals surface area contributed by atoms with E-state index in [1.54, 1.807) is 7.11 Å². The molecule has 0 aliphatic heterocycles. The van der Waals surface area contributed by atoms with Gasteiger partial charge >= 0.3 is 0 Å². The Bertz CT molecular complexity index is 520. The lowest BCUT2D eigenvalue weighted by atomic mass is 10.1. The number of halogens is 1. The van der Waals surface area contributed by atoms with Crippen LogP contribution in [0.2, 0.25) is 0 Å². The Morgan fingerprint density at radius 3 is 1.95 bits per heavy atom. The molecule has 21 heavy (non-hydrogen) atoms. The molecule has 0 unspecified atom stereocenters. The Morgan fingerprint density at radius 2 is 1.33 bits per heavy atom. The number of benzene rings is 2. The normalized spacial score (nSPS) is 10.6. The van der Waals surface area contributed by atoms with E-state index in [2.05, 4.69) is 52.3 Å². The molecule has 2 aromatic carbocycles. The number of ether oxygens (including phenoxy) is 2. The van der Waals surface area contributed by atoms with Crippen LogP contribution in [0.25, 0.3) is 11.1 Å². The van der Waals surface area contributed by atoms with Gasteiger partial charge in [0.2, 0.25) is 0 Å². The van der Waals surface area contributed by atoms with Gasteiger partial charge in [0.05, 0.1) is 6.61 Å². The molecule has 0 radical (unpaired) electrons. The summed E-state index contributed by atoms with van der Waals surface area (Å²) in [5.41, 5.74) is 2.42. The standard InChI is InChI=1S/C18H21BrO2/c1-20-13-3-2-4-14-21-18-11-7-16(8-12-18)15-5-9-17(19)10-6-15/h5-12H,2-4,13-14H2,1H3. The van der Waals surface area contributed by atoms with Gasteiger partial charge < -0.3 is 9.47 Å². The number of hydrogen-bond donors (Lipinski definition) is 0. The van der Waals surface area contributed by atoms with Crippen LogP contribution in [0.15, 0.2) is 53.0 Å². The minimum absolute atomic E-state index is 0.765. The van der Waals surface area contributed by atoms with Crippen molar-refractivity contribution in [2.75, 3.05) is 20.3 Å². The van der Waals surface area contributed by atoms with Crippen molar-refractivity contribution in [3.63, 3.8) is 0 Å². The minimum Gasteiger partial charge on any atom is -0.494 e. The van der Waals surface area contributed by atoms with Gasteiger partial charge in [-0.1, -0.05) is 40.2 Å². The largest absolute Gasteiger partial charge is 0.494 e. The van der Waals surface area contributed by atoms with E-state index in [1.807, 2.05) is 12.1 Å². The minimum atomic E-state index is 0.765. The zero-order valence-electron chi connectivity index (χ0n) is 12.3. The fraction of sp³-hybridized carbons (Fsp3) is 0.333. The molecule has 0 heterocycles. The highest BCUT2D eigenvalue weighted by Crippen LogP contribution is 2.24. The Balaban J connectivity index is 1.80. The summed E-state index contributed by atoms with van der Waals surface area (Å²) < 4.78 is 11.9. The van der Waals surface area contributed by atoms with Crippen LogP contribution in [0.4, 0.5) is 0 Å². The van der Waals surface area contributed by atoms with Crippen molar-refractivity contribution in [2.24, 2.45) is 0 Å². The summed E-state index contributed by atoms with van der Waals surface area (Å²) in [5, 5.41) is 0.